The predicted molar refractivity (Wildman–Crippen MR) is 75.8 cm³/mol. The highest BCUT2D eigenvalue weighted by atomic mass is 35.5. The summed E-state index contributed by atoms with van der Waals surface area (Å²) in [6, 6.07) is 1.66. The van der Waals surface area contributed by atoms with Crippen molar-refractivity contribution in [2.45, 2.75) is 17.2 Å². The first-order valence-corrected chi connectivity index (χ1v) is 8.32. The van der Waals surface area contributed by atoms with Gasteiger partial charge in [-0.15, -0.1) is 11.6 Å². The van der Waals surface area contributed by atoms with Crippen molar-refractivity contribution in [3.63, 3.8) is 0 Å². The lowest BCUT2D eigenvalue weighted by molar-refractivity contribution is 0.347. The first-order chi connectivity index (χ1) is 8.95. The number of aryl methyl sites for hydroxylation is 1. The van der Waals surface area contributed by atoms with Crippen LogP contribution in [0.3, 0.4) is 0 Å². The number of sulfonamides is 1. The van der Waals surface area contributed by atoms with Gasteiger partial charge in [-0.25, -0.2) is 8.42 Å². The molecule has 0 amide bonds. The van der Waals surface area contributed by atoms with Crippen molar-refractivity contribution >= 4 is 21.6 Å². The zero-order valence-corrected chi connectivity index (χ0v) is 12.9. The van der Waals surface area contributed by atoms with Crippen molar-refractivity contribution < 1.29 is 8.42 Å². The Bertz CT molecular complexity index is 541. The fourth-order valence-electron chi connectivity index (χ4n) is 2.26. The summed E-state index contributed by atoms with van der Waals surface area (Å²) in [7, 11) is 0.437. The van der Waals surface area contributed by atoms with Gasteiger partial charge in [-0.3, -0.25) is 0 Å². The first kappa shape index (κ1) is 14.8. The van der Waals surface area contributed by atoms with Gasteiger partial charge in [0.2, 0.25) is 10.0 Å². The summed E-state index contributed by atoms with van der Waals surface area (Å²) < 4.78 is 28.5. The standard InChI is InChI=1S/C12H20ClN3O2S/c1-14-4-3-5-16(7-6-14)19(17,18)12-8-11(9-13)15(2)10-12/h8,10H,3-7,9H2,1-2H3. The van der Waals surface area contributed by atoms with E-state index < -0.39 is 10.0 Å². The molecule has 2 rings (SSSR count). The summed E-state index contributed by atoms with van der Waals surface area (Å²) in [6.45, 7) is 2.84. The Labute approximate surface area is 119 Å². The van der Waals surface area contributed by atoms with Gasteiger partial charge in [0, 0.05) is 38.6 Å². The fraction of sp³-hybridized carbons (Fsp3) is 0.667. The molecular weight excluding hydrogens is 286 g/mol. The molecule has 1 aliphatic rings. The van der Waals surface area contributed by atoms with Gasteiger partial charge in [-0.05, 0) is 26.1 Å². The zero-order valence-electron chi connectivity index (χ0n) is 11.3. The van der Waals surface area contributed by atoms with E-state index in [-0.39, 0.29) is 0 Å². The highest BCUT2D eigenvalue weighted by molar-refractivity contribution is 7.89. The SMILES string of the molecule is CN1CCCN(S(=O)(=O)c2cc(CCl)n(C)c2)CC1. The van der Waals surface area contributed by atoms with E-state index in [0.717, 1.165) is 25.2 Å². The minimum Gasteiger partial charge on any atom is -0.352 e. The molecule has 5 nitrogen and oxygen atoms in total. The highest BCUT2D eigenvalue weighted by Crippen LogP contribution is 2.20. The van der Waals surface area contributed by atoms with Crippen molar-refractivity contribution in [2.24, 2.45) is 7.05 Å². The number of hydrogen-bond donors (Lipinski definition) is 0. The van der Waals surface area contributed by atoms with Crippen LogP contribution in [0.15, 0.2) is 17.2 Å². The summed E-state index contributed by atoms with van der Waals surface area (Å²) in [5.41, 5.74) is 0.812. The van der Waals surface area contributed by atoms with Gasteiger partial charge in [0.25, 0.3) is 0 Å². The second-order valence-electron chi connectivity index (χ2n) is 4.97. The monoisotopic (exact) mass is 305 g/mol. The molecule has 7 heteroatoms. The van der Waals surface area contributed by atoms with Gasteiger partial charge in [0.1, 0.15) is 4.90 Å². The number of likely N-dealkylation sites (N-methyl/N-ethyl adjacent to an activating group) is 1. The molecule has 0 N–H and O–H groups in total. The maximum absolute atomic E-state index is 12.6. The van der Waals surface area contributed by atoms with Gasteiger partial charge < -0.3 is 9.47 Å². The van der Waals surface area contributed by atoms with Gasteiger partial charge in [0.15, 0.2) is 0 Å². The van der Waals surface area contributed by atoms with Crippen molar-refractivity contribution in [1.29, 1.82) is 0 Å². The minimum atomic E-state index is -3.39. The lowest BCUT2D eigenvalue weighted by Gasteiger charge is -2.19. The third-order valence-electron chi connectivity index (χ3n) is 3.54. The van der Waals surface area contributed by atoms with Gasteiger partial charge in [0.05, 0.1) is 5.88 Å². The van der Waals surface area contributed by atoms with Crippen LogP contribution in [0.1, 0.15) is 12.1 Å². The molecule has 0 aliphatic carbocycles. The van der Waals surface area contributed by atoms with E-state index in [4.69, 9.17) is 11.6 Å². The normalized spacial score (nSPS) is 19.5. The third kappa shape index (κ3) is 3.13. The third-order valence-corrected chi connectivity index (χ3v) is 5.67. The Morgan fingerprint density at radius 1 is 1.21 bits per heavy atom. The molecule has 0 bridgehead atoms. The predicted octanol–water partition coefficient (Wildman–Crippen LogP) is 1.09. The van der Waals surface area contributed by atoms with E-state index in [0.29, 0.717) is 23.9 Å². The lowest BCUT2D eigenvalue weighted by atomic mass is 10.4. The van der Waals surface area contributed by atoms with Crippen LogP contribution in [-0.2, 0) is 23.0 Å². The lowest BCUT2D eigenvalue weighted by Crippen LogP contribution is -2.34. The van der Waals surface area contributed by atoms with Crippen molar-refractivity contribution in [2.75, 3.05) is 33.2 Å². The molecule has 0 atom stereocenters. The van der Waals surface area contributed by atoms with Crippen LogP contribution in [0, 0.1) is 0 Å². The quantitative estimate of drug-likeness (QED) is 0.785. The summed E-state index contributed by atoms with van der Waals surface area (Å²) in [6.07, 6.45) is 2.51. The van der Waals surface area contributed by atoms with Crippen molar-refractivity contribution in [3.8, 4) is 0 Å². The van der Waals surface area contributed by atoms with E-state index in [9.17, 15) is 8.42 Å². The number of alkyl halides is 1. The van der Waals surface area contributed by atoms with E-state index in [1.165, 1.54) is 0 Å². The van der Waals surface area contributed by atoms with Crippen LogP contribution < -0.4 is 0 Å². The second-order valence-corrected chi connectivity index (χ2v) is 7.18. The van der Waals surface area contributed by atoms with E-state index in [1.807, 2.05) is 14.1 Å². The molecule has 1 aliphatic heterocycles. The smallest absolute Gasteiger partial charge is 0.244 e. The molecule has 19 heavy (non-hydrogen) atoms. The second kappa shape index (κ2) is 5.83. The Hall–Kier alpha value is -0.560. The van der Waals surface area contributed by atoms with Crippen molar-refractivity contribution in [3.05, 3.63) is 18.0 Å². The Morgan fingerprint density at radius 2 is 1.95 bits per heavy atom. The molecule has 0 spiro atoms. The highest BCUT2D eigenvalue weighted by Gasteiger charge is 2.27. The van der Waals surface area contributed by atoms with Crippen molar-refractivity contribution in [1.82, 2.24) is 13.8 Å². The topological polar surface area (TPSA) is 45.6 Å². The van der Waals surface area contributed by atoms with Crippen LogP contribution in [0.2, 0.25) is 0 Å². The average molecular weight is 306 g/mol. The van der Waals surface area contributed by atoms with E-state index >= 15 is 0 Å². The molecular formula is C12H20ClN3O2S. The molecule has 0 radical (unpaired) electrons. The van der Waals surface area contributed by atoms with E-state index in [2.05, 4.69) is 4.90 Å². The molecule has 0 saturated carbocycles. The largest absolute Gasteiger partial charge is 0.352 e. The Morgan fingerprint density at radius 3 is 2.58 bits per heavy atom. The Kier molecular flexibility index (Phi) is 4.55. The molecule has 1 fully saturated rings. The molecule has 1 aromatic heterocycles. The average Bonchev–Trinajstić information content (AvgIpc) is 2.60. The molecule has 0 aromatic carbocycles. The number of rotatable bonds is 3. The maximum Gasteiger partial charge on any atom is 0.244 e. The summed E-state index contributed by atoms with van der Waals surface area (Å²) >= 11 is 5.79. The molecule has 108 valence electrons. The van der Waals surface area contributed by atoms with Gasteiger partial charge in [-0.2, -0.15) is 4.31 Å². The first-order valence-electron chi connectivity index (χ1n) is 6.35. The molecule has 0 unspecified atom stereocenters. The summed E-state index contributed by atoms with van der Waals surface area (Å²) in [5.74, 6) is 0.314. The number of aromatic nitrogens is 1. The zero-order chi connectivity index (χ0) is 14.0. The number of hydrogen-bond acceptors (Lipinski definition) is 3. The maximum atomic E-state index is 12.6. The van der Waals surface area contributed by atoms with E-state index in [1.54, 1.807) is 21.1 Å². The van der Waals surface area contributed by atoms with Crippen LogP contribution >= 0.6 is 11.6 Å². The van der Waals surface area contributed by atoms with Gasteiger partial charge >= 0.3 is 0 Å². The Balaban J connectivity index is 2.25. The summed E-state index contributed by atoms with van der Waals surface area (Å²) in [4.78, 5) is 2.50. The molecule has 1 aromatic rings. The summed E-state index contributed by atoms with van der Waals surface area (Å²) in [5, 5.41) is 0. The number of nitrogens with zero attached hydrogens (tertiary/aromatic N) is 3. The van der Waals surface area contributed by atoms with Gasteiger partial charge in [-0.1, -0.05) is 0 Å². The molecule has 1 saturated heterocycles. The van der Waals surface area contributed by atoms with Crippen LogP contribution in [0.4, 0.5) is 0 Å². The number of halogens is 1. The van der Waals surface area contributed by atoms with Crippen LogP contribution in [0.25, 0.3) is 0 Å². The molecule has 2 heterocycles. The van der Waals surface area contributed by atoms with Crippen LogP contribution in [0.5, 0.6) is 0 Å². The minimum absolute atomic E-state index is 0.314. The van der Waals surface area contributed by atoms with Crippen LogP contribution in [-0.4, -0.2) is 55.4 Å². The fourth-order valence-corrected chi connectivity index (χ4v) is 4.09.